The fraction of sp³-hybridized carbons (Fsp3) is 0.789. The molecule has 1 atom stereocenters. The Morgan fingerprint density at radius 2 is 1.91 bits per heavy atom. The Hall–Kier alpha value is -1.32. The van der Waals surface area contributed by atoms with E-state index in [0.29, 0.717) is 12.3 Å². The minimum Gasteiger partial charge on any atom is -0.354 e. The third kappa shape index (κ3) is 6.76. The molecule has 0 aliphatic heterocycles. The summed E-state index contributed by atoms with van der Waals surface area (Å²) in [6.07, 6.45) is 6.06. The third-order valence-electron chi connectivity index (χ3n) is 4.32. The van der Waals surface area contributed by atoms with Gasteiger partial charge in [-0.05, 0) is 45.1 Å². The molecule has 0 bridgehead atoms. The van der Waals surface area contributed by atoms with Crippen LogP contribution in [0.4, 0.5) is 0 Å². The number of hydrogen-bond acceptors (Lipinski definition) is 2. The maximum absolute atomic E-state index is 12.1. The van der Waals surface area contributed by atoms with Crippen LogP contribution in [0.25, 0.3) is 0 Å². The highest BCUT2D eigenvalue weighted by molar-refractivity contribution is 5.76. The van der Waals surface area contributed by atoms with Crippen molar-refractivity contribution in [3.05, 3.63) is 17.0 Å². The van der Waals surface area contributed by atoms with Crippen molar-refractivity contribution in [3.8, 4) is 0 Å². The lowest BCUT2D eigenvalue weighted by molar-refractivity contribution is -0.121. The second-order valence-electron chi connectivity index (χ2n) is 7.19. The van der Waals surface area contributed by atoms with Crippen LogP contribution in [0.15, 0.2) is 0 Å². The molecule has 0 radical (unpaired) electrons. The van der Waals surface area contributed by atoms with Gasteiger partial charge in [0.2, 0.25) is 5.91 Å². The maximum atomic E-state index is 12.1. The molecule has 0 aliphatic carbocycles. The first kappa shape index (κ1) is 19.7. The van der Waals surface area contributed by atoms with Gasteiger partial charge in [0.1, 0.15) is 0 Å². The molecular weight excluding hydrogens is 286 g/mol. The van der Waals surface area contributed by atoms with E-state index in [1.165, 1.54) is 30.5 Å². The van der Waals surface area contributed by atoms with E-state index in [1.807, 2.05) is 6.92 Å². The number of amides is 1. The van der Waals surface area contributed by atoms with Gasteiger partial charge in [0.25, 0.3) is 0 Å². The van der Waals surface area contributed by atoms with E-state index in [0.717, 1.165) is 25.1 Å². The lowest BCUT2D eigenvalue weighted by Gasteiger charge is -2.13. The molecule has 1 amide bonds. The highest BCUT2D eigenvalue weighted by Gasteiger charge is 2.14. The van der Waals surface area contributed by atoms with Crippen molar-refractivity contribution in [2.75, 3.05) is 0 Å². The summed E-state index contributed by atoms with van der Waals surface area (Å²) in [6.45, 7) is 13.8. The van der Waals surface area contributed by atoms with Crippen LogP contribution < -0.4 is 5.32 Å². The molecule has 1 aromatic heterocycles. The first-order valence-electron chi connectivity index (χ1n) is 9.17. The molecule has 132 valence electrons. The zero-order valence-corrected chi connectivity index (χ0v) is 15.9. The van der Waals surface area contributed by atoms with E-state index >= 15 is 0 Å². The van der Waals surface area contributed by atoms with Crippen molar-refractivity contribution in [2.45, 2.75) is 92.7 Å². The first-order valence-corrected chi connectivity index (χ1v) is 9.17. The van der Waals surface area contributed by atoms with Gasteiger partial charge in [-0.15, -0.1) is 0 Å². The summed E-state index contributed by atoms with van der Waals surface area (Å²) >= 11 is 0. The van der Waals surface area contributed by atoms with E-state index in [1.54, 1.807) is 0 Å². The van der Waals surface area contributed by atoms with Crippen LogP contribution in [-0.4, -0.2) is 21.7 Å². The number of hydrogen-bond donors (Lipinski definition) is 1. The summed E-state index contributed by atoms with van der Waals surface area (Å²) in [5.41, 5.74) is 3.51. The molecule has 0 aromatic carbocycles. The molecule has 0 aliphatic rings. The summed E-state index contributed by atoms with van der Waals surface area (Å²) < 4.78 is 2.08. The summed E-state index contributed by atoms with van der Waals surface area (Å²) in [4.78, 5) is 12.1. The fourth-order valence-electron chi connectivity index (χ4n) is 2.98. The highest BCUT2D eigenvalue weighted by atomic mass is 16.1. The zero-order chi connectivity index (χ0) is 17.4. The van der Waals surface area contributed by atoms with Gasteiger partial charge < -0.3 is 5.32 Å². The van der Waals surface area contributed by atoms with Crippen molar-refractivity contribution in [3.63, 3.8) is 0 Å². The average molecular weight is 322 g/mol. The van der Waals surface area contributed by atoms with Crippen LogP contribution in [0.2, 0.25) is 0 Å². The van der Waals surface area contributed by atoms with Gasteiger partial charge in [0.15, 0.2) is 0 Å². The molecule has 0 fully saturated rings. The fourth-order valence-corrected chi connectivity index (χ4v) is 2.98. The lowest BCUT2D eigenvalue weighted by atomic mass is 10.1. The number of unbranched alkanes of at least 4 members (excludes halogenated alkanes) is 2. The molecular formula is C19H35N3O. The molecule has 1 unspecified atom stereocenters. The number of aryl methyl sites for hydroxylation is 1. The molecule has 4 nitrogen and oxygen atoms in total. The van der Waals surface area contributed by atoms with Crippen LogP contribution in [-0.2, 0) is 17.8 Å². The van der Waals surface area contributed by atoms with Gasteiger partial charge in [-0.3, -0.25) is 9.48 Å². The van der Waals surface area contributed by atoms with Crippen molar-refractivity contribution < 1.29 is 4.79 Å². The second-order valence-corrected chi connectivity index (χ2v) is 7.19. The second kappa shape index (κ2) is 9.74. The van der Waals surface area contributed by atoms with Gasteiger partial charge in [0, 0.05) is 24.7 Å². The third-order valence-corrected chi connectivity index (χ3v) is 4.32. The predicted molar refractivity (Wildman–Crippen MR) is 96.6 cm³/mol. The van der Waals surface area contributed by atoms with Crippen LogP contribution >= 0.6 is 0 Å². The van der Waals surface area contributed by atoms with Crippen molar-refractivity contribution in [2.24, 2.45) is 5.92 Å². The van der Waals surface area contributed by atoms with Gasteiger partial charge >= 0.3 is 0 Å². The maximum Gasteiger partial charge on any atom is 0.220 e. The molecule has 0 saturated carbocycles. The summed E-state index contributed by atoms with van der Waals surface area (Å²) in [5.74, 6) is 0.734. The van der Waals surface area contributed by atoms with E-state index in [2.05, 4.69) is 49.7 Å². The van der Waals surface area contributed by atoms with E-state index in [4.69, 9.17) is 0 Å². The zero-order valence-electron chi connectivity index (χ0n) is 15.9. The van der Waals surface area contributed by atoms with Gasteiger partial charge in [-0.25, -0.2) is 0 Å². The monoisotopic (exact) mass is 321 g/mol. The predicted octanol–water partition coefficient (Wildman–Crippen LogP) is 4.17. The number of aromatic nitrogens is 2. The Labute approximate surface area is 142 Å². The highest BCUT2D eigenvalue weighted by Crippen LogP contribution is 2.16. The van der Waals surface area contributed by atoms with Crippen LogP contribution in [0.1, 0.15) is 76.8 Å². The molecule has 1 N–H and O–H groups in total. The van der Waals surface area contributed by atoms with Crippen molar-refractivity contribution >= 4 is 5.91 Å². The van der Waals surface area contributed by atoms with E-state index < -0.39 is 0 Å². The summed E-state index contributed by atoms with van der Waals surface area (Å²) in [6, 6.07) is 0.278. The number of rotatable bonds is 10. The largest absolute Gasteiger partial charge is 0.354 e. The lowest BCUT2D eigenvalue weighted by Crippen LogP contribution is -2.32. The molecule has 1 rings (SSSR count). The first-order chi connectivity index (χ1) is 10.8. The molecule has 1 aromatic rings. The Kier molecular flexibility index (Phi) is 8.35. The molecule has 23 heavy (non-hydrogen) atoms. The summed E-state index contributed by atoms with van der Waals surface area (Å²) in [7, 11) is 0. The molecule has 0 spiro atoms. The van der Waals surface area contributed by atoms with E-state index in [-0.39, 0.29) is 11.9 Å². The van der Waals surface area contributed by atoms with Gasteiger partial charge in [-0.1, -0.05) is 40.0 Å². The Bertz CT molecular complexity index is 491. The topological polar surface area (TPSA) is 46.9 Å². The van der Waals surface area contributed by atoms with Crippen molar-refractivity contribution in [1.29, 1.82) is 0 Å². The standard InChI is InChI=1S/C19H35N3O/c1-7-8-9-10-15(4)20-19(23)12-11-18-16(5)21-22(17(18)6)13-14(2)3/h14-15H,7-13H2,1-6H3,(H,20,23). The number of nitrogens with one attached hydrogen (secondary N) is 1. The molecule has 1 heterocycles. The SMILES string of the molecule is CCCCCC(C)NC(=O)CCc1c(C)nn(CC(C)C)c1C. The van der Waals surface area contributed by atoms with Gasteiger partial charge in [0.05, 0.1) is 5.69 Å². The number of carbonyl (C=O) groups is 1. The minimum atomic E-state index is 0.157. The number of carbonyl (C=O) groups excluding carboxylic acids is 1. The molecule has 0 saturated heterocycles. The number of nitrogens with zero attached hydrogens (tertiary/aromatic N) is 2. The van der Waals surface area contributed by atoms with Crippen LogP contribution in [0.3, 0.4) is 0 Å². The smallest absolute Gasteiger partial charge is 0.220 e. The molecule has 4 heteroatoms. The Balaban J connectivity index is 2.48. The summed E-state index contributed by atoms with van der Waals surface area (Å²) in [5, 5.41) is 7.74. The van der Waals surface area contributed by atoms with Gasteiger partial charge in [-0.2, -0.15) is 5.10 Å². The minimum absolute atomic E-state index is 0.157. The average Bonchev–Trinajstić information content (AvgIpc) is 2.71. The Morgan fingerprint density at radius 3 is 2.52 bits per heavy atom. The van der Waals surface area contributed by atoms with Crippen LogP contribution in [0.5, 0.6) is 0 Å². The van der Waals surface area contributed by atoms with Crippen molar-refractivity contribution in [1.82, 2.24) is 15.1 Å². The quantitative estimate of drug-likeness (QED) is 0.657. The van der Waals surface area contributed by atoms with Crippen LogP contribution in [0, 0.1) is 19.8 Å². The Morgan fingerprint density at radius 1 is 1.22 bits per heavy atom. The van der Waals surface area contributed by atoms with E-state index in [9.17, 15) is 4.79 Å². The normalized spacial score (nSPS) is 12.7.